The Hall–Kier alpha value is -1.45. The normalized spacial score (nSPS) is 9.79. The van der Waals surface area contributed by atoms with Gasteiger partial charge in [-0.1, -0.05) is 13.8 Å². The van der Waals surface area contributed by atoms with Crippen molar-refractivity contribution in [3.05, 3.63) is 23.9 Å². The number of rotatable bonds is 0. The van der Waals surface area contributed by atoms with Crippen molar-refractivity contribution in [2.45, 2.75) is 20.8 Å². The molecule has 14 heavy (non-hydrogen) atoms. The van der Waals surface area contributed by atoms with Gasteiger partial charge in [0.25, 0.3) is 0 Å². The van der Waals surface area contributed by atoms with Crippen LogP contribution in [0, 0.1) is 12.7 Å². The molecule has 2 aromatic heterocycles. The molecule has 0 aliphatic heterocycles. The van der Waals surface area contributed by atoms with Gasteiger partial charge < -0.3 is 0 Å². The summed E-state index contributed by atoms with van der Waals surface area (Å²) in [5.41, 5.74) is 1.01. The largest absolute Gasteiger partial charge is 0.274 e. The molecular formula is C10H14FN3. The number of fused-ring (bicyclic) bond motifs is 1. The van der Waals surface area contributed by atoms with Crippen molar-refractivity contribution in [2.24, 2.45) is 7.05 Å². The molecule has 2 aromatic rings. The van der Waals surface area contributed by atoms with Gasteiger partial charge in [-0.2, -0.15) is 5.10 Å². The lowest BCUT2D eigenvalue weighted by molar-refractivity contribution is 0.622. The Morgan fingerprint density at radius 3 is 2.64 bits per heavy atom. The standard InChI is InChI=1S/C8H8FN3.C2H6/c1-5-8(9)6-4-12(2)11-7(6)3-10-5;1-2/h3-4H,1-2H3;1-2H3. The van der Waals surface area contributed by atoms with Crippen molar-refractivity contribution in [3.8, 4) is 0 Å². The average Bonchev–Trinajstić information content (AvgIpc) is 2.57. The van der Waals surface area contributed by atoms with Gasteiger partial charge >= 0.3 is 0 Å². The fraction of sp³-hybridized carbons (Fsp3) is 0.400. The molecule has 2 rings (SSSR count). The highest BCUT2D eigenvalue weighted by atomic mass is 19.1. The minimum absolute atomic E-state index is 0.277. The quantitative estimate of drug-likeness (QED) is 0.646. The van der Waals surface area contributed by atoms with Crippen LogP contribution >= 0.6 is 0 Å². The summed E-state index contributed by atoms with van der Waals surface area (Å²) in [6.07, 6.45) is 3.23. The highest BCUT2D eigenvalue weighted by molar-refractivity contribution is 5.78. The Bertz CT molecular complexity index is 434. The second-order valence-electron chi connectivity index (χ2n) is 2.76. The monoisotopic (exact) mass is 195 g/mol. The van der Waals surface area contributed by atoms with Gasteiger partial charge in [0, 0.05) is 13.2 Å². The third-order valence-corrected chi connectivity index (χ3v) is 1.79. The van der Waals surface area contributed by atoms with Gasteiger partial charge in [-0.15, -0.1) is 0 Å². The molecule has 0 spiro atoms. The molecule has 0 radical (unpaired) electrons. The van der Waals surface area contributed by atoms with E-state index < -0.39 is 0 Å². The van der Waals surface area contributed by atoms with Gasteiger partial charge in [0.15, 0.2) is 5.82 Å². The highest BCUT2D eigenvalue weighted by Crippen LogP contribution is 2.16. The summed E-state index contributed by atoms with van der Waals surface area (Å²) in [5, 5.41) is 4.56. The maximum Gasteiger partial charge on any atom is 0.155 e. The zero-order valence-corrected chi connectivity index (χ0v) is 8.87. The van der Waals surface area contributed by atoms with Crippen molar-refractivity contribution >= 4 is 10.9 Å². The van der Waals surface area contributed by atoms with Crippen LogP contribution in [-0.4, -0.2) is 14.8 Å². The first-order valence-electron chi connectivity index (χ1n) is 4.63. The van der Waals surface area contributed by atoms with Gasteiger partial charge in [-0.25, -0.2) is 4.39 Å². The fourth-order valence-electron chi connectivity index (χ4n) is 1.18. The molecule has 0 N–H and O–H groups in total. The maximum atomic E-state index is 13.3. The molecule has 0 saturated heterocycles. The van der Waals surface area contributed by atoms with Crippen LogP contribution in [0.4, 0.5) is 4.39 Å². The number of halogens is 1. The van der Waals surface area contributed by atoms with E-state index in [9.17, 15) is 4.39 Å². The van der Waals surface area contributed by atoms with Crippen LogP contribution in [0.25, 0.3) is 10.9 Å². The number of nitrogens with zero attached hydrogens (tertiary/aromatic N) is 3. The first kappa shape index (κ1) is 10.6. The third-order valence-electron chi connectivity index (χ3n) is 1.79. The summed E-state index contributed by atoms with van der Waals surface area (Å²) in [7, 11) is 1.76. The van der Waals surface area contributed by atoms with E-state index in [1.807, 2.05) is 13.8 Å². The van der Waals surface area contributed by atoms with Crippen LogP contribution in [0.1, 0.15) is 19.5 Å². The lowest BCUT2D eigenvalue weighted by Gasteiger charge is -1.93. The van der Waals surface area contributed by atoms with Crippen molar-refractivity contribution < 1.29 is 4.39 Å². The van der Waals surface area contributed by atoms with Crippen molar-refractivity contribution in [3.63, 3.8) is 0 Å². The lowest BCUT2D eigenvalue weighted by Crippen LogP contribution is -1.87. The van der Waals surface area contributed by atoms with Crippen LogP contribution in [0.3, 0.4) is 0 Å². The minimum atomic E-state index is -0.277. The average molecular weight is 195 g/mol. The molecule has 0 aliphatic rings. The molecule has 0 saturated carbocycles. The van der Waals surface area contributed by atoms with Gasteiger partial charge in [0.05, 0.1) is 17.3 Å². The van der Waals surface area contributed by atoms with Crippen molar-refractivity contribution in [2.75, 3.05) is 0 Å². The first-order valence-corrected chi connectivity index (χ1v) is 4.63. The van der Waals surface area contributed by atoms with E-state index in [-0.39, 0.29) is 5.82 Å². The molecule has 0 aromatic carbocycles. The zero-order valence-electron chi connectivity index (χ0n) is 8.87. The van der Waals surface area contributed by atoms with Crippen LogP contribution in [0.15, 0.2) is 12.4 Å². The van der Waals surface area contributed by atoms with Crippen molar-refractivity contribution in [1.29, 1.82) is 0 Å². The molecule has 3 nitrogen and oxygen atoms in total. The van der Waals surface area contributed by atoms with E-state index in [0.717, 1.165) is 0 Å². The van der Waals surface area contributed by atoms with E-state index in [1.165, 1.54) is 0 Å². The zero-order chi connectivity index (χ0) is 10.7. The smallest absolute Gasteiger partial charge is 0.155 e. The Labute approximate surface area is 82.6 Å². The summed E-state index contributed by atoms with van der Waals surface area (Å²) < 4.78 is 14.9. The van der Waals surface area contributed by atoms with Crippen LogP contribution in [-0.2, 0) is 7.05 Å². The van der Waals surface area contributed by atoms with Crippen LogP contribution in [0.2, 0.25) is 0 Å². The SMILES string of the molecule is CC.Cc1ncc2nn(C)cc2c1F. The van der Waals surface area contributed by atoms with E-state index in [1.54, 1.807) is 31.0 Å². The van der Waals surface area contributed by atoms with E-state index in [4.69, 9.17) is 0 Å². The number of pyridine rings is 1. The minimum Gasteiger partial charge on any atom is -0.274 e. The van der Waals surface area contributed by atoms with E-state index >= 15 is 0 Å². The topological polar surface area (TPSA) is 30.7 Å². The molecular weight excluding hydrogens is 181 g/mol. The molecule has 0 unspecified atom stereocenters. The molecule has 0 fully saturated rings. The van der Waals surface area contributed by atoms with Crippen LogP contribution < -0.4 is 0 Å². The van der Waals surface area contributed by atoms with Gasteiger partial charge in [0.2, 0.25) is 0 Å². The predicted octanol–water partition coefficient (Wildman–Crippen LogP) is 2.44. The third kappa shape index (κ3) is 1.73. The number of aryl methyl sites for hydroxylation is 2. The number of hydrogen-bond donors (Lipinski definition) is 0. The summed E-state index contributed by atoms with van der Waals surface area (Å²) in [6.45, 7) is 5.64. The first-order chi connectivity index (χ1) is 6.68. The Kier molecular flexibility index (Phi) is 3.17. The fourth-order valence-corrected chi connectivity index (χ4v) is 1.18. The molecule has 4 heteroatoms. The van der Waals surface area contributed by atoms with Gasteiger partial charge in [-0.05, 0) is 6.92 Å². The molecule has 2 heterocycles. The summed E-state index contributed by atoms with van der Waals surface area (Å²) in [4.78, 5) is 3.87. The Morgan fingerprint density at radius 1 is 1.36 bits per heavy atom. The van der Waals surface area contributed by atoms with Gasteiger partial charge in [-0.3, -0.25) is 9.67 Å². The number of hydrogen-bond acceptors (Lipinski definition) is 2. The summed E-state index contributed by atoms with van der Waals surface area (Å²) >= 11 is 0. The molecule has 0 atom stereocenters. The molecule has 0 aliphatic carbocycles. The summed E-state index contributed by atoms with van der Waals surface area (Å²) in [6, 6.07) is 0. The van der Waals surface area contributed by atoms with E-state index in [0.29, 0.717) is 16.6 Å². The van der Waals surface area contributed by atoms with E-state index in [2.05, 4.69) is 10.1 Å². The number of aromatic nitrogens is 3. The molecule has 0 bridgehead atoms. The second kappa shape index (κ2) is 4.17. The molecule has 0 amide bonds. The highest BCUT2D eigenvalue weighted by Gasteiger charge is 2.07. The Morgan fingerprint density at radius 2 is 2.00 bits per heavy atom. The summed E-state index contributed by atoms with van der Waals surface area (Å²) in [5.74, 6) is -0.277. The Balaban J connectivity index is 0.000000461. The second-order valence-corrected chi connectivity index (χ2v) is 2.76. The van der Waals surface area contributed by atoms with Crippen molar-refractivity contribution in [1.82, 2.24) is 14.8 Å². The van der Waals surface area contributed by atoms with Crippen LogP contribution in [0.5, 0.6) is 0 Å². The predicted molar refractivity (Wildman–Crippen MR) is 54.6 cm³/mol. The lowest BCUT2D eigenvalue weighted by atomic mass is 10.3. The van der Waals surface area contributed by atoms with Gasteiger partial charge in [0.1, 0.15) is 5.52 Å². The molecule has 76 valence electrons. The maximum absolute atomic E-state index is 13.3.